The third-order valence-electron chi connectivity index (χ3n) is 2.63. The molecule has 7 nitrogen and oxygen atoms in total. The molecule has 1 aromatic rings. The number of azo groups is 1. The Hall–Kier alpha value is -2.44. The van der Waals surface area contributed by atoms with E-state index in [1.807, 2.05) is 0 Å². The van der Waals surface area contributed by atoms with Crippen molar-refractivity contribution in [1.29, 1.82) is 0 Å². The van der Waals surface area contributed by atoms with Gasteiger partial charge in [0.15, 0.2) is 5.78 Å². The minimum Gasteiger partial charge on any atom is -0.295 e. The maximum Gasteiger partial charge on any atom is 0.271 e. The summed E-state index contributed by atoms with van der Waals surface area (Å²) in [5.41, 5.74) is -0.314. The first-order valence-electron chi connectivity index (χ1n) is 5.21. The molecule has 7 heteroatoms. The standard InChI is InChI=1S/C11H10N4O3/c1-7-11(12-7,8(2)16)14-13-9-4-3-5-10(6-9)15(17)18/h3-6H,1-2H3/t11-/m0/s1. The molecule has 0 amide bonds. The highest BCUT2D eigenvalue weighted by molar-refractivity contribution is 6.21. The Labute approximate surface area is 102 Å². The first-order chi connectivity index (χ1) is 8.45. The van der Waals surface area contributed by atoms with E-state index in [4.69, 9.17) is 0 Å². The molecule has 18 heavy (non-hydrogen) atoms. The van der Waals surface area contributed by atoms with E-state index in [0.717, 1.165) is 0 Å². The SMILES string of the molecule is CC(=O)[C@]1(N=Nc2cccc([N+](=O)[O-])c2)N=C1C. The highest BCUT2D eigenvalue weighted by Crippen LogP contribution is 2.32. The number of carbonyl (C=O) groups is 1. The Kier molecular flexibility index (Phi) is 2.74. The fourth-order valence-corrected chi connectivity index (χ4v) is 1.51. The van der Waals surface area contributed by atoms with Crippen LogP contribution >= 0.6 is 0 Å². The van der Waals surface area contributed by atoms with Crippen molar-refractivity contribution >= 4 is 22.9 Å². The summed E-state index contributed by atoms with van der Waals surface area (Å²) in [5.74, 6) is -0.214. The van der Waals surface area contributed by atoms with Gasteiger partial charge in [-0.15, -0.1) is 5.11 Å². The van der Waals surface area contributed by atoms with E-state index in [2.05, 4.69) is 15.2 Å². The predicted molar refractivity (Wildman–Crippen MR) is 64.1 cm³/mol. The van der Waals surface area contributed by atoms with Gasteiger partial charge in [-0.05, 0) is 19.9 Å². The van der Waals surface area contributed by atoms with E-state index >= 15 is 0 Å². The molecule has 92 valence electrons. The van der Waals surface area contributed by atoms with Crippen molar-refractivity contribution in [2.75, 3.05) is 0 Å². The van der Waals surface area contributed by atoms with Gasteiger partial charge in [-0.25, -0.2) is 4.99 Å². The third kappa shape index (κ3) is 2.02. The van der Waals surface area contributed by atoms with E-state index < -0.39 is 10.6 Å². The molecule has 0 saturated heterocycles. The van der Waals surface area contributed by atoms with Crippen molar-refractivity contribution < 1.29 is 9.72 Å². The van der Waals surface area contributed by atoms with E-state index in [1.54, 1.807) is 13.0 Å². The quantitative estimate of drug-likeness (QED) is 0.463. The van der Waals surface area contributed by atoms with Crippen molar-refractivity contribution in [2.45, 2.75) is 19.5 Å². The van der Waals surface area contributed by atoms with Gasteiger partial charge in [0.2, 0.25) is 0 Å². The fraction of sp³-hybridized carbons (Fsp3) is 0.273. The molecule has 1 atom stereocenters. The van der Waals surface area contributed by atoms with Gasteiger partial charge < -0.3 is 0 Å². The van der Waals surface area contributed by atoms with Gasteiger partial charge in [-0.3, -0.25) is 14.9 Å². The lowest BCUT2D eigenvalue weighted by Gasteiger charge is -2.01. The first-order valence-corrected chi connectivity index (χ1v) is 5.21. The molecule has 1 aromatic carbocycles. The van der Waals surface area contributed by atoms with Crippen LogP contribution in [0.5, 0.6) is 0 Å². The molecule has 0 fully saturated rings. The van der Waals surface area contributed by atoms with E-state index in [0.29, 0.717) is 11.4 Å². The summed E-state index contributed by atoms with van der Waals surface area (Å²) in [5, 5.41) is 18.3. The average Bonchev–Trinajstić information content (AvgIpc) is 2.99. The topological polar surface area (TPSA) is 97.3 Å². The third-order valence-corrected chi connectivity index (χ3v) is 2.63. The smallest absolute Gasteiger partial charge is 0.271 e. The summed E-state index contributed by atoms with van der Waals surface area (Å²) in [4.78, 5) is 25.4. The molecule has 0 unspecified atom stereocenters. The molecule has 1 aliphatic heterocycles. The predicted octanol–water partition coefficient (Wildman–Crippen LogP) is 2.44. The minimum atomic E-state index is -1.16. The number of nitro benzene ring substituents is 1. The number of nitro groups is 1. The van der Waals surface area contributed by atoms with E-state index in [1.165, 1.54) is 25.1 Å². The normalized spacial score (nSPS) is 21.8. The highest BCUT2D eigenvalue weighted by atomic mass is 16.6. The van der Waals surface area contributed by atoms with Crippen molar-refractivity contribution in [2.24, 2.45) is 15.2 Å². The zero-order valence-electron chi connectivity index (χ0n) is 9.82. The number of aliphatic imine (C=N–C) groups is 1. The van der Waals surface area contributed by atoms with Crippen LogP contribution in [0.2, 0.25) is 0 Å². The van der Waals surface area contributed by atoms with Gasteiger partial charge in [0.1, 0.15) is 0 Å². The number of non-ortho nitro benzene ring substituents is 1. The van der Waals surface area contributed by atoms with Crippen LogP contribution in [0.3, 0.4) is 0 Å². The number of rotatable bonds is 4. The molecule has 0 radical (unpaired) electrons. The van der Waals surface area contributed by atoms with Gasteiger partial charge in [0, 0.05) is 12.1 Å². The number of Topliss-reactive ketones (excluding diaryl/α,β-unsaturated/α-hetero) is 1. The lowest BCUT2D eigenvalue weighted by molar-refractivity contribution is -0.384. The molecule has 0 bridgehead atoms. The molecule has 1 aliphatic rings. The van der Waals surface area contributed by atoms with Crippen LogP contribution < -0.4 is 0 Å². The number of hydrogen-bond donors (Lipinski definition) is 0. The second-order valence-corrected chi connectivity index (χ2v) is 3.90. The summed E-state index contributed by atoms with van der Waals surface area (Å²) < 4.78 is 0. The highest BCUT2D eigenvalue weighted by Gasteiger charge is 2.50. The van der Waals surface area contributed by atoms with Crippen molar-refractivity contribution in [1.82, 2.24) is 0 Å². The van der Waals surface area contributed by atoms with Crippen LogP contribution in [0.1, 0.15) is 13.8 Å². The molecule has 0 N–H and O–H groups in total. The largest absolute Gasteiger partial charge is 0.295 e. The van der Waals surface area contributed by atoms with E-state index in [-0.39, 0.29) is 11.5 Å². The van der Waals surface area contributed by atoms with Crippen molar-refractivity contribution in [3.63, 3.8) is 0 Å². The summed E-state index contributed by atoms with van der Waals surface area (Å²) in [6.07, 6.45) is 0. The summed E-state index contributed by atoms with van der Waals surface area (Å²) in [6, 6.07) is 5.73. The molecular formula is C11H10N4O3. The lowest BCUT2D eigenvalue weighted by Crippen LogP contribution is -2.23. The molecule has 0 saturated carbocycles. The Bertz CT molecular complexity index is 594. The van der Waals surface area contributed by atoms with Crippen molar-refractivity contribution in [3.05, 3.63) is 34.4 Å². The van der Waals surface area contributed by atoms with Gasteiger partial charge in [0.25, 0.3) is 11.4 Å². The zero-order chi connectivity index (χ0) is 13.3. The van der Waals surface area contributed by atoms with Gasteiger partial charge in [0.05, 0.1) is 16.3 Å². The molecule has 0 spiro atoms. The Morgan fingerprint density at radius 2 is 2.17 bits per heavy atom. The Morgan fingerprint density at radius 3 is 2.67 bits per heavy atom. The fourth-order valence-electron chi connectivity index (χ4n) is 1.51. The number of ketones is 1. The molecule has 0 aliphatic carbocycles. The van der Waals surface area contributed by atoms with E-state index in [9.17, 15) is 14.9 Å². The van der Waals surface area contributed by atoms with Crippen molar-refractivity contribution in [3.8, 4) is 0 Å². The maximum absolute atomic E-state index is 11.4. The second kappa shape index (κ2) is 4.10. The summed E-state index contributed by atoms with van der Waals surface area (Å²) >= 11 is 0. The van der Waals surface area contributed by atoms with Crippen LogP contribution in [0.25, 0.3) is 0 Å². The first kappa shape index (κ1) is 12.0. The van der Waals surface area contributed by atoms with Crippen LogP contribution in [0, 0.1) is 10.1 Å². The number of benzene rings is 1. The number of nitrogens with zero attached hydrogens (tertiary/aromatic N) is 4. The van der Waals surface area contributed by atoms with Gasteiger partial charge in [-0.1, -0.05) is 6.07 Å². The van der Waals surface area contributed by atoms with Gasteiger partial charge >= 0.3 is 0 Å². The van der Waals surface area contributed by atoms with Crippen LogP contribution in [-0.4, -0.2) is 22.1 Å². The number of hydrogen-bond acceptors (Lipinski definition) is 6. The average molecular weight is 246 g/mol. The minimum absolute atomic E-state index is 0.0724. The molecular weight excluding hydrogens is 236 g/mol. The molecule has 1 heterocycles. The molecule has 0 aromatic heterocycles. The maximum atomic E-state index is 11.4. The second-order valence-electron chi connectivity index (χ2n) is 3.90. The monoisotopic (exact) mass is 246 g/mol. The Morgan fingerprint density at radius 1 is 1.50 bits per heavy atom. The zero-order valence-corrected chi connectivity index (χ0v) is 9.82. The number of carbonyl (C=O) groups excluding carboxylic acids is 1. The summed E-state index contributed by atoms with van der Waals surface area (Å²) in [7, 11) is 0. The van der Waals surface area contributed by atoms with Crippen LogP contribution in [-0.2, 0) is 4.79 Å². The van der Waals surface area contributed by atoms with Crippen LogP contribution in [0.4, 0.5) is 11.4 Å². The molecule has 2 rings (SSSR count). The van der Waals surface area contributed by atoms with Gasteiger partial charge in [-0.2, -0.15) is 5.11 Å². The summed E-state index contributed by atoms with van der Waals surface area (Å²) in [6.45, 7) is 3.07. The van der Waals surface area contributed by atoms with Crippen LogP contribution in [0.15, 0.2) is 39.5 Å². The lowest BCUT2D eigenvalue weighted by atomic mass is 10.1. The Balaban J connectivity index is 2.22.